The van der Waals surface area contributed by atoms with Gasteiger partial charge in [-0.1, -0.05) is 0 Å². The van der Waals surface area contributed by atoms with E-state index in [1.54, 1.807) is 6.92 Å². The zero-order valence-electron chi connectivity index (χ0n) is 9.07. The van der Waals surface area contributed by atoms with Crippen LogP contribution in [0.3, 0.4) is 0 Å². The molecular formula is C11H12NO4. The minimum absolute atomic E-state index is 0.0815. The number of benzene rings is 1. The molecule has 0 aromatic heterocycles. The Balaban J connectivity index is 2.97. The van der Waals surface area contributed by atoms with Gasteiger partial charge in [-0.25, -0.2) is 4.79 Å². The molecule has 0 atom stereocenters. The van der Waals surface area contributed by atoms with Crippen LogP contribution < -0.4 is 5.32 Å². The van der Waals surface area contributed by atoms with Gasteiger partial charge in [0, 0.05) is 6.92 Å². The fraction of sp³-hybridized carbons (Fsp3) is 0.273. The van der Waals surface area contributed by atoms with Gasteiger partial charge in [0.1, 0.15) is 0 Å². The Labute approximate surface area is 93.0 Å². The van der Waals surface area contributed by atoms with Crippen molar-refractivity contribution in [3.8, 4) is 5.75 Å². The maximum atomic E-state index is 11.4. The number of amides is 1. The van der Waals surface area contributed by atoms with Gasteiger partial charge in [-0.05, 0) is 25.1 Å². The molecule has 0 aliphatic rings. The van der Waals surface area contributed by atoms with Gasteiger partial charge in [0.25, 0.3) is 0 Å². The van der Waals surface area contributed by atoms with Crippen LogP contribution in [0.1, 0.15) is 24.2 Å². The van der Waals surface area contributed by atoms with E-state index in [1.807, 2.05) is 0 Å². The van der Waals surface area contributed by atoms with Gasteiger partial charge >= 0.3 is 5.97 Å². The number of carbonyl (C=O) groups excluding carboxylic acids is 2. The Bertz CT molecular complexity index is 414. The molecule has 1 rings (SSSR count). The minimum Gasteiger partial charge on any atom is -0.462 e. The van der Waals surface area contributed by atoms with E-state index in [0.717, 1.165) is 0 Å². The summed E-state index contributed by atoms with van der Waals surface area (Å²) in [5.41, 5.74) is 0.322. The predicted molar refractivity (Wildman–Crippen MR) is 56.8 cm³/mol. The summed E-state index contributed by atoms with van der Waals surface area (Å²) < 4.78 is 4.77. The Morgan fingerprint density at radius 2 is 2.06 bits per heavy atom. The number of anilines is 1. The zero-order valence-corrected chi connectivity index (χ0v) is 9.07. The molecular weight excluding hydrogens is 210 g/mol. The third-order valence-electron chi connectivity index (χ3n) is 1.80. The first-order chi connectivity index (χ1) is 7.54. The summed E-state index contributed by atoms with van der Waals surface area (Å²) in [5.74, 6) is -1.23. The normalized spacial score (nSPS) is 9.62. The molecule has 0 saturated heterocycles. The van der Waals surface area contributed by atoms with E-state index in [0.29, 0.717) is 0 Å². The molecule has 1 radical (unpaired) electrons. The number of hydrogen-bond acceptors (Lipinski definition) is 3. The maximum Gasteiger partial charge on any atom is 0.338 e. The van der Waals surface area contributed by atoms with Crippen molar-refractivity contribution in [3.05, 3.63) is 23.8 Å². The molecule has 0 heterocycles. The van der Waals surface area contributed by atoms with Gasteiger partial charge in [0.15, 0.2) is 0 Å². The van der Waals surface area contributed by atoms with Crippen LogP contribution in [-0.2, 0) is 14.6 Å². The highest BCUT2D eigenvalue weighted by Gasteiger charge is 2.11. The highest BCUT2D eigenvalue weighted by atomic mass is 16.5. The molecule has 0 fully saturated rings. The smallest absolute Gasteiger partial charge is 0.338 e. The van der Waals surface area contributed by atoms with E-state index in [2.05, 4.69) is 5.32 Å². The molecule has 1 N–H and O–H groups in total. The molecule has 85 valence electrons. The second-order valence-electron chi connectivity index (χ2n) is 3.11. The van der Waals surface area contributed by atoms with E-state index in [-0.39, 0.29) is 29.5 Å². The lowest BCUT2D eigenvalue weighted by molar-refractivity contribution is -0.114. The molecule has 0 bridgehead atoms. The van der Waals surface area contributed by atoms with Gasteiger partial charge in [-0.2, -0.15) is 0 Å². The number of ether oxygens (including phenoxy) is 1. The third-order valence-corrected chi connectivity index (χ3v) is 1.80. The molecule has 0 aliphatic heterocycles. The number of esters is 1. The number of rotatable bonds is 3. The van der Waals surface area contributed by atoms with E-state index >= 15 is 0 Å². The first-order valence-electron chi connectivity index (χ1n) is 4.80. The standard InChI is InChI=1S/C11H12NO4/c1-3-16-11(15)8-4-5-10(14)9(6-8)12-7(2)13/h4-6H,3H2,1-2H3,(H,12,13). The van der Waals surface area contributed by atoms with Crippen molar-refractivity contribution in [2.45, 2.75) is 13.8 Å². The lowest BCUT2D eigenvalue weighted by atomic mass is 10.2. The lowest BCUT2D eigenvalue weighted by Crippen LogP contribution is -2.08. The monoisotopic (exact) mass is 222 g/mol. The predicted octanol–water partition coefficient (Wildman–Crippen LogP) is 1.97. The van der Waals surface area contributed by atoms with Gasteiger partial charge in [0.05, 0.1) is 17.9 Å². The summed E-state index contributed by atoms with van der Waals surface area (Å²) >= 11 is 0. The van der Waals surface area contributed by atoms with Crippen molar-refractivity contribution < 1.29 is 19.4 Å². The van der Waals surface area contributed by atoms with Crippen molar-refractivity contribution >= 4 is 17.6 Å². The van der Waals surface area contributed by atoms with Crippen LogP contribution in [0.5, 0.6) is 5.75 Å². The van der Waals surface area contributed by atoms with Gasteiger partial charge in [-0.15, -0.1) is 0 Å². The summed E-state index contributed by atoms with van der Waals surface area (Å²) in [7, 11) is 0. The van der Waals surface area contributed by atoms with Crippen molar-refractivity contribution in [1.82, 2.24) is 0 Å². The van der Waals surface area contributed by atoms with Gasteiger partial charge < -0.3 is 10.1 Å². The molecule has 1 aromatic carbocycles. The van der Waals surface area contributed by atoms with E-state index < -0.39 is 5.97 Å². The summed E-state index contributed by atoms with van der Waals surface area (Å²) in [6.45, 7) is 3.23. The minimum atomic E-state index is -0.519. The zero-order chi connectivity index (χ0) is 12.1. The molecule has 0 aliphatic carbocycles. The second-order valence-corrected chi connectivity index (χ2v) is 3.11. The summed E-state index contributed by atoms with van der Waals surface area (Å²) in [6.07, 6.45) is 0. The van der Waals surface area contributed by atoms with E-state index in [1.165, 1.54) is 25.1 Å². The number of hydrogen-bond donors (Lipinski definition) is 1. The van der Waals surface area contributed by atoms with Crippen LogP contribution in [0, 0.1) is 0 Å². The summed E-state index contributed by atoms with van der Waals surface area (Å²) in [4.78, 5) is 22.2. The van der Waals surface area contributed by atoms with Crippen molar-refractivity contribution in [2.24, 2.45) is 0 Å². The maximum absolute atomic E-state index is 11.4. The summed E-state index contributed by atoms with van der Waals surface area (Å²) in [6, 6.07) is 3.89. The fourth-order valence-corrected chi connectivity index (χ4v) is 1.16. The summed E-state index contributed by atoms with van der Waals surface area (Å²) in [5, 5.41) is 13.7. The van der Waals surface area contributed by atoms with Gasteiger partial charge in [0.2, 0.25) is 11.7 Å². The van der Waals surface area contributed by atoms with Crippen molar-refractivity contribution in [1.29, 1.82) is 0 Å². The Morgan fingerprint density at radius 3 is 2.62 bits per heavy atom. The highest BCUT2D eigenvalue weighted by molar-refractivity contribution is 5.95. The van der Waals surface area contributed by atoms with Crippen LogP contribution in [-0.4, -0.2) is 18.5 Å². The first-order valence-corrected chi connectivity index (χ1v) is 4.80. The van der Waals surface area contributed by atoms with Crippen LogP contribution >= 0.6 is 0 Å². The average molecular weight is 222 g/mol. The number of nitrogens with one attached hydrogen (secondary N) is 1. The van der Waals surface area contributed by atoms with Crippen LogP contribution in [0.2, 0.25) is 0 Å². The molecule has 5 heteroatoms. The quantitative estimate of drug-likeness (QED) is 0.794. The van der Waals surface area contributed by atoms with E-state index in [4.69, 9.17) is 4.74 Å². The second kappa shape index (κ2) is 5.16. The van der Waals surface area contributed by atoms with Crippen LogP contribution in [0.15, 0.2) is 18.2 Å². The SMILES string of the molecule is CCOC(=O)c1ccc([O])c(NC(C)=O)c1. The third kappa shape index (κ3) is 2.98. The Kier molecular flexibility index (Phi) is 3.88. The Morgan fingerprint density at radius 1 is 1.38 bits per heavy atom. The molecule has 5 nitrogen and oxygen atoms in total. The molecule has 0 unspecified atom stereocenters. The first kappa shape index (κ1) is 12.0. The largest absolute Gasteiger partial charge is 0.462 e. The van der Waals surface area contributed by atoms with Crippen molar-refractivity contribution in [2.75, 3.05) is 11.9 Å². The van der Waals surface area contributed by atoms with E-state index in [9.17, 15) is 14.7 Å². The lowest BCUT2D eigenvalue weighted by Gasteiger charge is -2.06. The molecule has 1 aromatic rings. The fourth-order valence-electron chi connectivity index (χ4n) is 1.16. The highest BCUT2D eigenvalue weighted by Crippen LogP contribution is 2.25. The Hall–Kier alpha value is -2.04. The van der Waals surface area contributed by atoms with Gasteiger partial charge in [-0.3, -0.25) is 9.90 Å². The van der Waals surface area contributed by atoms with Crippen LogP contribution in [0.25, 0.3) is 0 Å². The molecule has 0 spiro atoms. The van der Waals surface area contributed by atoms with Crippen LogP contribution in [0.4, 0.5) is 5.69 Å². The van der Waals surface area contributed by atoms with Crippen molar-refractivity contribution in [3.63, 3.8) is 0 Å². The topological polar surface area (TPSA) is 75.3 Å². The molecule has 0 saturated carbocycles. The molecule has 1 amide bonds. The average Bonchev–Trinajstić information content (AvgIpc) is 2.21. The molecule has 16 heavy (non-hydrogen) atoms. The number of carbonyl (C=O) groups is 2.